The number of aromatic nitrogens is 1. The SMILES string of the molecule is CCCCOc1ccccc1/C=N\Nc1nc(-c2ccc(C)cc2)cs1. The van der Waals surface area contributed by atoms with Gasteiger partial charge in [-0.2, -0.15) is 5.10 Å². The molecule has 26 heavy (non-hydrogen) atoms. The summed E-state index contributed by atoms with van der Waals surface area (Å²) in [4.78, 5) is 4.59. The van der Waals surface area contributed by atoms with E-state index >= 15 is 0 Å². The van der Waals surface area contributed by atoms with Crippen LogP contribution in [0.25, 0.3) is 11.3 Å². The van der Waals surface area contributed by atoms with Crippen molar-refractivity contribution in [1.82, 2.24) is 4.98 Å². The fourth-order valence-corrected chi connectivity index (χ4v) is 3.05. The third-order valence-corrected chi connectivity index (χ3v) is 4.64. The van der Waals surface area contributed by atoms with Crippen LogP contribution in [0.1, 0.15) is 30.9 Å². The van der Waals surface area contributed by atoms with E-state index in [4.69, 9.17) is 4.74 Å². The van der Waals surface area contributed by atoms with Crippen molar-refractivity contribution < 1.29 is 4.74 Å². The minimum absolute atomic E-state index is 0.723. The molecule has 1 aromatic heterocycles. The van der Waals surface area contributed by atoms with Crippen molar-refractivity contribution in [2.75, 3.05) is 12.0 Å². The van der Waals surface area contributed by atoms with Crippen LogP contribution in [-0.2, 0) is 0 Å². The molecular formula is C21H23N3OS. The predicted octanol–water partition coefficient (Wildman–Crippen LogP) is 5.74. The second-order valence-electron chi connectivity index (χ2n) is 6.01. The summed E-state index contributed by atoms with van der Waals surface area (Å²) in [6.45, 7) is 4.96. The number of ether oxygens (including phenoxy) is 1. The topological polar surface area (TPSA) is 46.5 Å². The molecule has 134 valence electrons. The van der Waals surface area contributed by atoms with Gasteiger partial charge in [-0.3, -0.25) is 5.43 Å². The van der Waals surface area contributed by atoms with Gasteiger partial charge in [-0.25, -0.2) is 4.98 Å². The number of para-hydroxylation sites is 1. The van der Waals surface area contributed by atoms with E-state index in [9.17, 15) is 0 Å². The van der Waals surface area contributed by atoms with Crippen LogP contribution in [0.15, 0.2) is 59.0 Å². The predicted molar refractivity (Wildman–Crippen MR) is 110 cm³/mol. The minimum atomic E-state index is 0.723. The molecule has 0 unspecified atom stereocenters. The molecule has 0 aliphatic rings. The Morgan fingerprint density at radius 1 is 1.15 bits per heavy atom. The summed E-state index contributed by atoms with van der Waals surface area (Å²) in [5, 5.41) is 7.11. The van der Waals surface area contributed by atoms with Crippen molar-refractivity contribution in [3.8, 4) is 17.0 Å². The normalized spacial score (nSPS) is 11.0. The highest BCUT2D eigenvalue weighted by atomic mass is 32.1. The molecule has 0 spiro atoms. The van der Waals surface area contributed by atoms with Crippen LogP contribution in [0.2, 0.25) is 0 Å². The monoisotopic (exact) mass is 365 g/mol. The summed E-state index contributed by atoms with van der Waals surface area (Å²) >= 11 is 1.54. The van der Waals surface area contributed by atoms with Crippen LogP contribution in [0.4, 0.5) is 5.13 Å². The van der Waals surface area contributed by atoms with Gasteiger partial charge in [-0.15, -0.1) is 11.3 Å². The van der Waals surface area contributed by atoms with Crippen LogP contribution in [0.5, 0.6) is 5.75 Å². The summed E-state index contributed by atoms with van der Waals surface area (Å²) in [5.74, 6) is 0.853. The first-order valence-electron chi connectivity index (χ1n) is 8.79. The van der Waals surface area contributed by atoms with Crippen LogP contribution < -0.4 is 10.2 Å². The molecule has 0 aliphatic heterocycles. The van der Waals surface area contributed by atoms with Crippen molar-refractivity contribution in [1.29, 1.82) is 0 Å². The average molecular weight is 366 g/mol. The van der Waals surface area contributed by atoms with Gasteiger partial charge < -0.3 is 4.74 Å². The maximum absolute atomic E-state index is 5.82. The molecule has 0 amide bonds. The number of benzene rings is 2. The van der Waals surface area contributed by atoms with Crippen molar-refractivity contribution >= 4 is 22.7 Å². The number of nitrogens with one attached hydrogen (secondary N) is 1. The number of anilines is 1. The molecule has 3 aromatic rings. The van der Waals surface area contributed by atoms with Gasteiger partial charge in [-0.05, 0) is 25.5 Å². The van der Waals surface area contributed by atoms with E-state index in [2.05, 4.69) is 53.6 Å². The lowest BCUT2D eigenvalue weighted by molar-refractivity contribution is 0.309. The van der Waals surface area contributed by atoms with Gasteiger partial charge in [0.1, 0.15) is 5.75 Å². The summed E-state index contributed by atoms with van der Waals surface area (Å²) in [6.07, 6.45) is 3.93. The van der Waals surface area contributed by atoms with Gasteiger partial charge in [0.2, 0.25) is 5.13 Å². The molecule has 0 atom stereocenters. The number of hydrogen-bond acceptors (Lipinski definition) is 5. The van der Waals surface area contributed by atoms with Crippen LogP contribution in [0, 0.1) is 6.92 Å². The lowest BCUT2D eigenvalue weighted by Gasteiger charge is -2.07. The van der Waals surface area contributed by atoms with Crippen molar-refractivity contribution in [3.05, 3.63) is 65.0 Å². The lowest BCUT2D eigenvalue weighted by atomic mass is 10.1. The quantitative estimate of drug-likeness (QED) is 0.314. The van der Waals surface area contributed by atoms with Gasteiger partial charge in [-0.1, -0.05) is 55.3 Å². The molecule has 0 aliphatic carbocycles. The molecule has 1 heterocycles. The molecule has 0 radical (unpaired) electrons. The zero-order valence-electron chi connectivity index (χ0n) is 15.1. The molecule has 5 heteroatoms. The Labute approximate surface area is 158 Å². The number of unbranched alkanes of at least 4 members (excludes halogenated alkanes) is 1. The largest absolute Gasteiger partial charge is 0.493 e. The van der Waals surface area contributed by atoms with E-state index in [1.807, 2.05) is 29.6 Å². The second kappa shape index (κ2) is 9.15. The summed E-state index contributed by atoms with van der Waals surface area (Å²) in [7, 11) is 0. The molecule has 0 bridgehead atoms. The minimum Gasteiger partial charge on any atom is -0.493 e. The first-order valence-corrected chi connectivity index (χ1v) is 9.67. The number of hydrogen-bond donors (Lipinski definition) is 1. The Balaban J connectivity index is 1.63. The highest BCUT2D eigenvalue weighted by Crippen LogP contribution is 2.25. The first kappa shape index (κ1) is 18.1. The molecule has 3 rings (SSSR count). The summed E-state index contributed by atoms with van der Waals surface area (Å²) in [5.41, 5.74) is 7.27. The van der Waals surface area contributed by atoms with Gasteiger partial charge in [0.25, 0.3) is 0 Å². The van der Waals surface area contributed by atoms with Gasteiger partial charge >= 0.3 is 0 Å². The first-order chi connectivity index (χ1) is 12.8. The van der Waals surface area contributed by atoms with Crippen molar-refractivity contribution in [2.24, 2.45) is 5.10 Å². The highest BCUT2D eigenvalue weighted by molar-refractivity contribution is 7.14. The fraction of sp³-hybridized carbons (Fsp3) is 0.238. The smallest absolute Gasteiger partial charge is 0.203 e. The molecule has 0 saturated carbocycles. The Morgan fingerprint density at radius 2 is 1.96 bits per heavy atom. The van der Waals surface area contributed by atoms with E-state index in [1.54, 1.807) is 6.21 Å². The van der Waals surface area contributed by atoms with E-state index in [-0.39, 0.29) is 0 Å². The number of thiazole rings is 1. The van der Waals surface area contributed by atoms with Gasteiger partial charge in [0, 0.05) is 16.5 Å². The number of aryl methyl sites for hydroxylation is 1. The Hall–Kier alpha value is -2.66. The Kier molecular flexibility index (Phi) is 6.39. The third kappa shape index (κ3) is 4.92. The van der Waals surface area contributed by atoms with Crippen molar-refractivity contribution in [2.45, 2.75) is 26.7 Å². The standard InChI is InChI=1S/C21H23N3OS/c1-3-4-13-25-20-8-6-5-7-18(20)14-22-24-21-23-19(15-26-21)17-11-9-16(2)10-12-17/h5-12,14-15H,3-4,13H2,1-2H3,(H,23,24)/b22-14-. The summed E-state index contributed by atoms with van der Waals surface area (Å²) in [6, 6.07) is 16.3. The average Bonchev–Trinajstić information content (AvgIpc) is 3.13. The number of rotatable bonds is 8. The highest BCUT2D eigenvalue weighted by Gasteiger charge is 2.04. The van der Waals surface area contributed by atoms with E-state index in [0.29, 0.717) is 0 Å². The van der Waals surface area contributed by atoms with Crippen LogP contribution >= 0.6 is 11.3 Å². The molecule has 4 nitrogen and oxygen atoms in total. The van der Waals surface area contributed by atoms with Crippen molar-refractivity contribution in [3.63, 3.8) is 0 Å². The Morgan fingerprint density at radius 3 is 2.77 bits per heavy atom. The fourth-order valence-electron chi connectivity index (χ4n) is 2.38. The zero-order valence-corrected chi connectivity index (χ0v) is 15.9. The lowest BCUT2D eigenvalue weighted by Crippen LogP contribution is -2.00. The number of hydrazone groups is 1. The number of nitrogens with zero attached hydrogens (tertiary/aromatic N) is 2. The van der Waals surface area contributed by atoms with Gasteiger partial charge in [0.05, 0.1) is 18.5 Å². The third-order valence-electron chi connectivity index (χ3n) is 3.89. The Bertz CT molecular complexity index is 856. The second-order valence-corrected chi connectivity index (χ2v) is 6.87. The van der Waals surface area contributed by atoms with E-state index in [1.165, 1.54) is 16.9 Å². The maximum atomic E-state index is 5.82. The molecule has 1 N–H and O–H groups in total. The molecular weight excluding hydrogens is 342 g/mol. The zero-order chi connectivity index (χ0) is 18.2. The van der Waals surface area contributed by atoms with Crippen LogP contribution in [0.3, 0.4) is 0 Å². The maximum Gasteiger partial charge on any atom is 0.203 e. The molecule has 2 aromatic carbocycles. The molecule has 0 saturated heterocycles. The van der Waals surface area contributed by atoms with E-state index < -0.39 is 0 Å². The summed E-state index contributed by atoms with van der Waals surface area (Å²) < 4.78 is 5.82. The van der Waals surface area contributed by atoms with E-state index in [0.717, 1.165) is 47.2 Å². The van der Waals surface area contributed by atoms with Gasteiger partial charge in [0.15, 0.2) is 0 Å². The molecule has 0 fully saturated rings. The van der Waals surface area contributed by atoms with Crippen LogP contribution in [-0.4, -0.2) is 17.8 Å².